The Morgan fingerprint density at radius 1 is 1.67 bits per heavy atom. The van der Waals surface area contributed by atoms with Crippen LogP contribution < -0.4 is 5.32 Å². The lowest BCUT2D eigenvalue weighted by Crippen LogP contribution is -2.46. The Morgan fingerprint density at radius 3 is 3.11 bits per heavy atom. The zero-order chi connectivity index (χ0) is 13.4. The maximum Gasteiger partial charge on any atom is 0.236 e. The maximum absolute atomic E-state index is 11.7. The van der Waals surface area contributed by atoms with E-state index in [1.165, 1.54) is 0 Å². The van der Waals surface area contributed by atoms with E-state index in [2.05, 4.69) is 17.3 Å². The van der Waals surface area contributed by atoms with Crippen LogP contribution in [0, 0.1) is 11.3 Å². The number of morpholine rings is 1. The van der Waals surface area contributed by atoms with Crippen molar-refractivity contribution in [3.8, 4) is 6.07 Å². The summed E-state index contributed by atoms with van der Waals surface area (Å²) in [6, 6.07) is 2.03. The number of carbonyl (C=O) groups is 1. The summed E-state index contributed by atoms with van der Waals surface area (Å²) in [5, 5.41) is 11.6. The van der Waals surface area contributed by atoms with Crippen LogP contribution in [0.3, 0.4) is 0 Å². The van der Waals surface area contributed by atoms with Gasteiger partial charge in [-0.15, -0.1) is 0 Å². The van der Waals surface area contributed by atoms with Gasteiger partial charge in [0, 0.05) is 33.2 Å². The number of amides is 1. The lowest BCUT2D eigenvalue weighted by Gasteiger charge is -2.30. The van der Waals surface area contributed by atoms with E-state index >= 15 is 0 Å². The molecule has 0 radical (unpaired) electrons. The van der Waals surface area contributed by atoms with Gasteiger partial charge in [-0.2, -0.15) is 5.26 Å². The van der Waals surface area contributed by atoms with Crippen molar-refractivity contribution in [2.45, 2.75) is 12.5 Å². The van der Waals surface area contributed by atoms with Gasteiger partial charge < -0.3 is 19.9 Å². The van der Waals surface area contributed by atoms with Gasteiger partial charge in [0.1, 0.15) is 0 Å². The molecule has 1 fully saturated rings. The summed E-state index contributed by atoms with van der Waals surface area (Å²) >= 11 is 0. The number of rotatable bonds is 6. The van der Waals surface area contributed by atoms with Gasteiger partial charge in [0.05, 0.1) is 31.7 Å². The van der Waals surface area contributed by atoms with Crippen molar-refractivity contribution < 1.29 is 9.53 Å². The predicted molar refractivity (Wildman–Crippen MR) is 68.0 cm³/mol. The molecular weight excluding hydrogens is 232 g/mol. The molecule has 1 amide bonds. The van der Waals surface area contributed by atoms with Crippen molar-refractivity contribution in [2.24, 2.45) is 0 Å². The van der Waals surface area contributed by atoms with Crippen LogP contribution in [0.1, 0.15) is 6.42 Å². The summed E-state index contributed by atoms with van der Waals surface area (Å²) in [7, 11) is 3.78. The summed E-state index contributed by atoms with van der Waals surface area (Å²) in [6.07, 6.45) is 0.527. The number of ether oxygens (including phenoxy) is 1. The number of hydrogen-bond acceptors (Lipinski definition) is 5. The molecule has 0 aromatic carbocycles. The molecule has 0 bridgehead atoms. The zero-order valence-corrected chi connectivity index (χ0v) is 11.2. The van der Waals surface area contributed by atoms with Crippen LogP contribution in [-0.2, 0) is 9.53 Å². The molecule has 6 nitrogen and oxygen atoms in total. The molecule has 0 aromatic rings. The fourth-order valence-electron chi connectivity index (χ4n) is 1.81. The number of nitrogens with one attached hydrogen (secondary N) is 1. The first kappa shape index (κ1) is 14.9. The zero-order valence-electron chi connectivity index (χ0n) is 11.2. The first-order valence-electron chi connectivity index (χ1n) is 6.25. The second-order valence-corrected chi connectivity index (χ2v) is 4.61. The van der Waals surface area contributed by atoms with Crippen LogP contribution in [0.25, 0.3) is 0 Å². The van der Waals surface area contributed by atoms with Gasteiger partial charge in [-0.05, 0) is 7.05 Å². The second kappa shape index (κ2) is 8.03. The quantitative estimate of drug-likeness (QED) is 0.677. The minimum Gasteiger partial charge on any atom is -0.374 e. The van der Waals surface area contributed by atoms with Crippen molar-refractivity contribution in [2.75, 3.05) is 53.4 Å². The van der Waals surface area contributed by atoms with Gasteiger partial charge in [-0.1, -0.05) is 0 Å². The fourth-order valence-corrected chi connectivity index (χ4v) is 1.81. The van der Waals surface area contributed by atoms with Crippen molar-refractivity contribution in [1.82, 2.24) is 15.1 Å². The van der Waals surface area contributed by atoms with Gasteiger partial charge in [0.2, 0.25) is 5.91 Å². The highest BCUT2D eigenvalue weighted by molar-refractivity contribution is 5.77. The predicted octanol–water partition coefficient (Wildman–Crippen LogP) is -0.721. The lowest BCUT2D eigenvalue weighted by molar-refractivity contribution is -0.129. The summed E-state index contributed by atoms with van der Waals surface area (Å²) in [5.41, 5.74) is 0. The molecule has 0 aromatic heterocycles. The van der Waals surface area contributed by atoms with Crippen LogP contribution in [0.2, 0.25) is 0 Å². The summed E-state index contributed by atoms with van der Waals surface area (Å²) in [5.74, 6) is 0.00872. The largest absolute Gasteiger partial charge is 0.374 e. The molecule has 1 aliphatic rings. The Kier molecular flexibility index (Phi) is 6.65. The van der Waals surface area contributed by atoms with E-state index in [0.29, 0.717) is 26.1 Å². The molecule has 1 saturated heterocycles. The smallest absolute Gasteiger partial charge is 0.236 e. The van der Waals surface area contributed by atoms with Crippen molar-refractivity contribution in [3.63, 3.8) is 0 Å². The number of likely N-dealkylation sites (N-methyl/N-ethyl adjacent to an activating group) is 2. The second-order valence-electron chi connectivity index (χ2n) is 4.61. The molecule has 1 atom stereocenters. The van der Waals surface area contributed by atoms with Gasteiger partial charge in [-0.3, -0.25) is 4.79 Å². The SMILES string of the molecule is CN1CCOC(CNCC(=O)N(C)CCC#N)C1. The normalized spacial score (nSPS) is 20.4. The van der Waals surface area contributed by atoms with Crippen molar-refractivity contribution >= 4 is 5.91 Å². The Balaban J connectivity index is 2.13. The Labute approximate surface area is 108 Å². The van der Waals surface area contributed by atoms with E-state index in [0.717, 1.165) is 19.7 Å². The summed E-state index contributed by atoms with van der Waals surface area (Å²) < 4.78 is 5.58. The highest BCUT2D eigenvalue weighted by atomic mass is 16.5. The highest BCUT2D eigenvalue weighted by Crippen LogP contribution is 2.01. The molecule has 6 heteroatoms. The molecule has 18 heavy (non-hydrogen) atoms. The van der Waals surface area contributed by atoms with E-state index in [-0.39, 0.29) is 12.0 Å². The first-order chi connectivity index (χ1) is 8.63. The average Bonchev–Trinajstić information content (AvgIpc) is 2.35. The van der Waals surface area contributed by atoms with Crippen molar-refractivity contribution in [1.29, 1.82) is 5.26 Å². The number of hydrogen-bond donors (Lipinski definition) is 1. The van der Waals surface area contributed by atoms with Gasteiger partial charge in [0.25, 0.3) is 0 Å². The average molecular weight is 254 g/mol. The van der Waals surface area contributed by atoms with E-state index < -0.39 is 0 Å². The van der Waals surface area contributed by atoms with E-state index in [9.17, 15) is 4.79 Å². The summed E-state index contributed by atoms with van der Waals surface area (Å²) in [6.45, 7) is 4.07. The summed E-state index contributed by atoms with van der Waals surface area (Å²) in [4.78, 5) is 15.5. The molecular formula is C12H22N4O2. The molecule has 0 aliphatic carbocycles. The number of nitrogens with zero attached hydrogens (tertiary/aromatic N) is 3. The molecule has 1 heterocycles. The minimum atomic E-state index is 0.00872. The van der Waals surface area contributed by atoms with Crippen molar-refractivity contribution in [3.05, 3.63) is 0 Å². The van der Waals surface area contributed by atoms with Crippen LogP contribution in [0.5, 0.6) is 0 Å². The van der Waals surface area contributed by atoms with Crippen LogP contribution in [0.15, 0.2) is 0 Å². The first-order valence-corrected chi connectivity index (χ1v) is 6.25. The van der Waals surface area contributed by atoms with Gasteiger partial charge in [0.15, 0.2) is 0 Å². The van der Waals surface area contributed by atoms with Crippen LogP contribution in [-0.4, -0.2) is 75.2 Å². The Bertz CT molecular complexity index is 303. The molecule has 102 valence electrons. The third-order valence-corrected chi connectivity index (χ3v) is 2.97. The molecule has 0 spiro atoms. The fraction of sp³-hybridized carbons (Fsp3) is 0.833. The third-order valence-electron chi connectivity index (χ3n) is 2.97. The molecule has 1 N–H and O–H groups in total. The van der Waals surface area contributed by atoms with Gasteiger partial charge >= 0.3 is 0 Å². The Hall–Kier alpha value is -1.16. The minimum absolute atomic E-state index is 0.00872. The Morgan fingerprint density at radius 2 is 2.44 bits per heavy atom. The van der Waals surface area contributed by atoms with Crippen LogP contribution >= 0.6 is 0 Å². The highest BCUT2D eigenvalue weighted by Gasteiger charge is 2.17. The standard InChI is InChI=1S/C12H22N4O2/c1-15-6-7-18-11(10-15)8-14-9-12(17)16(2)5-3-4-13/h11,14H,3,5-10H2,1-2H3. The third kappa shape index (κ3) is 5.45. The molecule has 1 unspecified atom stereocenters. The van der Waals surface area contributed by atoms with E-state index in [4.69, 9.17) is 10.00 Å². The molecule has 1 aliphatic heterocycles. The maximum atomic E-state index is 11.7. The molecule has 0 saturated carbocycles. The van der Waals surface area contributed by atoms with Gasteiger partial charge in [-0.25, -0.2) is 0 Å². The number of nitriles is 1. The topological polar surface area (TPSA) is 68.6 Å². The molecule has 1 rings (SSSR count). The van der Waals surface area contributed by atoms with Crippen LogP contribution in [0.4, 0.5) is 0 Å². The van der Waals surface area contributed by atoms with E-state index in [1.54, 1.807) is 11.9 Å². The number of carbonyl (C=O) groups excluding carboxylic acids is 1. The monoisotopic (exact) mass is 254 g/mol. The van der Waals surface area contributed by atoms with E-state index in [1.807, 2.05) is 6.07 Å². The lowest BCUT2D eigenvalue weighted by atomic mass is 10.3.